The fraction of sp³-hybridized carbons (Fsp3) is 0.167. The summed E-state index contributed by atoms with van der Waals surface area (Å²) in [7, 11) is 0. The summed E-state index contributed by atoms with van der Waals surface area (Å²) < 4.78 is -1.31. The number of para-hydroxylation sites is 1. The zero-order chi connectivity index (χ0) is 23.9. The van der Waals surface area contributed by atoms with E-state index < -0.39 is 28.0 Å². The third-order valence-electron chi connectivity index (χ3n) is 5.45. The molecule has 0 bridgehead atoms. The molecule has 1 saturated carbocycles. The van der Waals surface area contributed by atoms with Crippen LogP contribution in [0.5, 0.6) is 0 Å². The van der Waals surface area contributed by atoms with Gasteiger partial charge in [-0.1, -0.05) is 53.0 Å². The van der Waals surface area contributed by atoms with Crippen LogP contribution in [-0.4, -0.2) is 16.1 Å². The lowest BCUT2D eigenvalue weighted by atomic mass is 10.1. The maximum absolute atomic E-state index is 13.0. The van der Waals surface area contributed by atoms with Gasteiger partial charge in [0.2, 0.25) is 5.91 Å². The molecule has 3 aromatic rings. The number of rotatable bonds is 5. The fourth-order valence-electron chi connectivity index (χ4n) is 3.72. The molecule has 2 unspecified atom stereocenters. The topological polar surface area (TPSA) is 58.2 Å². The molecule has 0 radical (unpaired) electrons. The number of halogens is 5. The predicted molar refractivity (Wildman–Crippen MR) is 136 cm³/mol. The van der Waals surface area contributed by atoms with E-state index in [2.05, 4.69) is 10.6 Å². The van der Waals surface area contributed by atoms with E-state index in [0.29, 0.717) is 27.0 Å². The third kappa shape index (κ3) is 5.11. The van der Waals surface area contributed by atoms with Gasteiger partial charge in [0.15, 0.2) is 0 Å². The molecule has 0 spiro atoms. The summed E-state index contributed by atoms with van der Waals surface area (Å²) in [5, 5.41) is 6.71. The van der Waals surface area contributed by atoms with Gasteiger partial charge >= 0.3 is 0 Å². The molecule has 170 valence electrons. The van der Waals surface area contributed by atoms with Crippen molar-refractivity contribution in [2.75, 3.05) is 10.6 Å². The first-order valence-corrected chi connectivity index (χ1v) is 11.8. The van der Waals surface area contributed by atoms with Crippen molar-refractivity contribution in [2.45, 2.75) is 17.2 Å². The van der Waals surface area contributed by atoms with Crippen LogP contribution in [0.4, 0.5) is 11.4 Å². The van der Waals surface area contributed by atoms with E-state index in [1.165, 1.54) is 6.07 Å². The first kappa shape index (κ1) is 24.2. The van der Waals surface area contributed by atoms with Crippen LogP contribution in [0.15, 0.2) is 60.7 Å². The van der Waals surface area contributed by atoms with Crippen LogP contribution < -0.4 is 10.6 Å². The minimum absolute atomic E-state index is 0.217. The molecule has 1 aliphatic rings. The second-order valence-corrected chi connectivity index (χ2v) is 10.5. The van der Waals surface area contributed by atoms with E-state index in [1.54, 1.807) is 36.4 Å². The zero-order valence-corrected chi connectivity index (χ0v) is 20.9. The molecule has 1 fully saturated rings. The van der Waals surface area contributed by atoms with Gasteiger partial charge in [-0.2, -0.15) is 0 Å². The minimum atomic E-state index is -1.31. The van der Waals surface area contributed by atoms with Crippen LogP contribution in [-0.2, 0) is 4.79 Å². The van der Waals surface area contributed by atoms with E-state index in [9.17, 15) is 9.59 Å². The molecule has 2 N–H and O–H groups in total. The number of benzene rings is 3. The van der Waals surface area contributed by atoms with Gasteiger partial charge in [-0.15, -0.1) is 23.2 Å². The van der Waals surface area contributed by atoms with Gasteiger partial charge in [0.1, 0.15) is 4.33 Å². The van der Waals surface area contributed by atoms with Gasteiger partial charge in [-0.3, -0.25) is 9.59 Å². The average Bonchev–Trinajstić information content (AvgIpc) is 3.32. The highest BCUT2D eigenvalue weighted by atomic mass is 35.5. The number of aryl methyl sites for hydroxylation is 1. The summed E-state index contributed by atoms with van der Waals surface area (Å²) in [6.45, 7) is 1.89. The number of carbonyl (C=O) groups is 2. The van der Waals surface area contributed by atoms with E-state index >= 15 is 0 Å². The van der Waals surface area contributed by atoms with Gasteiger partial charge in [0.05, 0.1) is 16.5 Å². The van der Waals surface area contributed by atoms with E-state index in [4.69, 9.17) is 58.0 Å². The van der Waals surface area contributed by atoms with Crippen LogP contribution in [0.3, 0.4) is 0 Å². The molecule has 0 aromatic heterocycles. The maximum atomic E-state index is 13.0. The molecule has 4 nitrogen and oxygen atoms in total. The second-order valence-electron chi connectivity index (χ2n) is 7.79. The van der Waals surface area contributed by atoms with Gasteiger partial charge < -0.3 is 10.6 Å². The highest BCUT2D eigenvalue weighted by Crippen LogP contribution is 2.65. The summed E-state index contributed by atoms with van der Waals surface area (Å²) in [5.41, 5.74) is 2.86. The zero-order valence-electron chi connectivity index (χ0n) is 17.1. The summed E-state index contributed by atoms with van der Waals surface area (Å²) in [6, 6.07) is 17.0. The molecule has 0 saturated heterocycles. The van der Waals surface area contributed by atoms with Crippen molar-refractivity contribution in [1.29, 1.82) is 0 Å². The van der Waals surface area contributed by atoms with Gasteiger partial charge in [-0.25, -0.2) is 0 Å². The maximum Gasteiger partial charge on any atom is 0.257 e. The molecule has 2 amide bonds. The molecular weight excluding hydrogens is 526 g/mol. The summed E-state index contributed by atoms with van der Waals surface area (Å²) in [5.74, 6) is -2.00. The Labute approximate surface area is 216 Å². The predicted octanol–water partition coefficient (Wildman–Crippen LogP) is 7.73. The quantitative estimate of drug-likeness (QED) is 0.324. The molecule has 0 aliphatic heterocycles. The monoisotopic (exact) mass is 540 g/mol. The molecule has 33 heavy (non-hydrogen) atoms. The number of amides is 2. The number of anilines is 2. The SMILES string of the molecule is Cc1ccccc1NC(=O)c1cc(NC(=O)C2C(c3cc(Cl)cc(Cl)c3)C2(Cl)Cl)ccc1Cl. The molecule has 0 heterocycles. The molecule has 2 atom stereocenters. The normalized spacial score (nSPS) is 18.5. The van der Waals surface area contributed by atoms with Crippen LogP contribution >= 0.6 is 58.0 Å². The number of hydrogen-bond donors (Lipinski definition) is 2. The first-order chi connectivity index (χ1) is 15.6. The van der Waals surface area contributed by atoms with Crippen molar-refractivity contribution in [3.63, 3.8) is 0 Å². The number of carbonyl (C=O) groups excluding carboxylic acids is 2. The number of alkyl halides is 2. The standard InChI is InChI=1S/C24H17Cl5N2O2/c1-12-4-2-3-5-19(12)31-22(32)17-11-16(6-7-18(17)27)30-23(33)21-20(24(21,28)29)13-8-14(25)10-15(26)9-13/h2-11,20-21H,1H3,(H,30,33)(H,31,32). The van der Waals surface area contributed by atoms with Gasteiger partial charge in [-0.05, 0) is 60.5 Å². The average molecular weight is 543 g/mol. The smallest absolute Gasteiger partial charge is 0.257 e. The van der Waals surface area contributed by atoms with Crippen molar-refractivity contribution in [2.24, 2.45) is 5.92 Å². The molecule has 3 aromatic carbocycles. The van der Waals surface area contributed by atoms with Crippen LogP contribution in [0.1, 0.15) is 27.4 Å². The molecule has 1 aliphatic carbocycles. The van der Waals surface area contributed by atoms with Crippen molar-refractivity contribution >= 4 is 81.2 Å². The summed E-state index contributed by atoms with van der Waals surface area (Å²) in [4.78, 5) is 25.8. The van der Waals surface area contributed by atoms with Crippen LogP contribution in [0.2, 0.25) is 15.1 Å². The number of nitrogens with one attached hydrogen (secondary N) is 2. The fourth-order valence-corrected chi connectivity index (χ4v) is 5.30. The van der Waals surface area contributed by atoms with Crippen LogP contribution in [0, 0.1) is 12.8 Å². The third-order valence-corrected chi connectivity index (χ3v) is 7.16. The Morgan fingerprint density at radius 3 is 2.21 bits per heavy atom. The van der Waals surface area contributed by atoms with Crippen molar-refractivity contribution < 1.29 is 9.59 Å². The Balaban J connectivity index is 1.52. The summed E-state index contributed by atoms with van der Waals surface area (Å²) in [6.07, 6.45) is 0. The van der Waals surface area contributed by atoms with Crippen molar-refractivity contribution in [1.82, 2.24) is 0 Å². The van der Waals surface area contributed by atoms with Crippen molar-refractivity contribution in [3.8, 4) is 0 Å². The second kappa shape index (κ2) is 9.36. The highest BCUT2D eigenvalue weighted by molar-refractivity contribution is 6.53. The highest BCUT2D eigenvalue weighted by Gasteiger charge is 2.67. The number of hydrogen-bond acceptors (Lipinski definition) is 2. The first-order valence-electron chi connectivity index (χ1n) is 9.89. The minimum Gasteiger partial charge on any atom is -0.326 e. The van der Waals surface area contributed by atoms with Gasteiger partial charge in [0.25, 0.3) is 5.91 Å². The Morgan fingerprint density at radius 1 is 0.879 bits per heavy atom. The largest absolute Gasteiger partial charge is 0.326 e. The Kier molecular flexibility index (Phi) is 6.86. The molecule has 4 rings (SSSR count). The lowest BCUT2D eigenvalue weighted by molar-refractivity contribution is -0.117. The van der Waals surface area contributed by atoms with Crippen molar-refractivity contribution in [3.05, 3.63) is 92.4 Å². The summed E-state index contributed by atoms with van der Waals surface area (Å²) >= 11 is 31.2. The van der Waals surface area contributed by atoms with Gasteiger partial charge in [0, 0.05) is 27.3 Å². The Bertz CT molecular complexity index is 1240. The van der Waals surface area contributed by atoms with E-state index in [0.717, 1.165) is 5.56 Å². The Morgan fingerprint density at radius 2 is 1.55 bits per heavy atom. The Hall–Kier alpha value is -1.95. The lowest BCUT2D eigenvalue weighted by Crippen LogP contribution is -2.18. The van der Waals surface area contributed by atoms with E-state index in [1.807, 2.05) is 25.1 Å². The van der Waals surface area contributed by atoms with E-state index in [-0.39, 0.29) is 10.6 Å². The molecular formula is C24H17Cl5N2O2. The molecule has 9 heteroatoms. The van der Waals surface area contributed by atoms with Crippen LogP contribution in [0.25, 0.3) is 0 Å². The lowest BCUT2D eigenvalue weighted by Gasteiger charge is -2.11.